The lowest BCUT2D eigenvalue weighted by atomic mass is 10.2. The monoisotopic (exact) mass is 240 g/mol. The van der Waals surface area contributed by atoms with Crippen molar-refractivity contribution in [2.45, 2.75) is 6.42 Å². The highest BCUT2D eigenvalue weighted by Gasteiger charge is 2.20. The van der Waals surface area contributed by atoms with Crippen molar-refractivity contribution in [3.05, 3.63) is 53.7 Å². The Morgan fingerprint density at radius 3 is 2.78 bits per heavy atom. The van der Waals surface area contributed by atoms with E-state index in [1.54, 1.807) is 12.1 Å². The Bertz CT molecular complexity index is 593. The van der Waals surface area contributed by atoms with Gasteiger partial charge in [0.15, 0.2) is 0 Å². The Morgan fingerprint density at radius 2 is 2.06 bits per heavy atom. The number of hydrogen-bond acceptors (Lipinski definition) is 3. The highest BCUT2D eigenvalue weighted by atomic mass is 16.4. The normalized spacial score (nSPS) is 13.4. The first-order valence-corrected chi connectivity index (χ1v) is 5.80. The summed E-state index contributed by atoms with van der Waals surface area (Å²) in [7, 11) is 0. The molecule has 2 aromatic rings. The minimum atomic E-state index is -0.948. The van der Waals surface area contributed by atoms with Gasteiger partial charge in [0.05, 0.1) is 5.56 Å². The first-order chi connectivity index (χ1) is 8.75. The lowest BCUT2D eigenvalue weighted by Gasteiger charge is -2.18. The summed E-state index contributed by atoms with van der Waals surface area (Å²) in [5.41, 5.74) is 2.68. The summed E-state index contributed by atoms with van der Waals surface area (Å²) in [6.07, 6.45) is 2.40. The minimum Gasteiger partial charge on any atom is -0.478 e. The highest BCUT2D eigenvalue weighted by molar-refractivity contribution is 5.87. The van der Waals surface area contributed by atoms with Crippen LogP contribution < -0.4 is 4.90 Å². The zero-order chi connectivity index (χ0) is 12.5. The van der Waals surface area contributed by atoms with Crippen LogP contribution in [-0.4, -0.2) is 22.6 Å². The number of rotatable bonds is 2. The van der Waals surface area contributed by atoms with Crippen molar-refractivity contribution < 1.29 is 9.90 Å². The molecule has 0 aliphatic carbocycles. The molecule has 3 rings (SSSR count). The number of benzene rings is 1. The van der Waals surface area contributed by atoms with Crippen LogP contribution in [0.25, 0.3) is 0 Å². The molecule has 1 aromatic carbocycles. The van der Waals surface area contributed by atoms with Crippen LogP contribution in [0.15, 0.2) is 42.6 Å². The Labute approximate surface area is 105 Å². The number of fused-ring (bicyclic) bond motifs is 1. The van der Waals surface area contributed by atoms with Gasteiger partial charge >= 0.3 is 5.97 Å². The molecule has 0 fully saturated rings. The van der Waals surface area contributed by atoms with Crippen LogP contribution >= 0.6 is 0 Å². The van der Waals surface area contributed by atoms with E-state index in [0.717, 1.165) is 24.5 Å². The van der Waals surface area contributed by atoms with Gasteiger partial charge in [-0.05, 0) is 30.2 Å². The third-order valence-corrected chi connectivity index (χ3v) is 3.16. The van der Waals surface area contributed by atoms with E-state index in [9.17, 15) is 4.79 Å². The Morgan fingerprint density at radius 1 is 1.22 bits per heavy atom. The zero-order valence-corrected chi connectivity index (χ0v) is 9.71. The van der Waals surface area contributed by atoms with E-state index in [1.165, 1.54) is 11.8 Å². The first kappa shape index (κ1) is 10.8. The summed E-state index contributed by atoms with van der Waals surface area (Å²) in [5.74, 6) is -0.152. The Balaban J connectivity index is 1.95. The molecule has 2 heterocycles. The number of nitrogens with zero attached hydrogens (tertiary/aromatic N) is 2. The van der Waals surface area contributed by atoms with Crippen LogP contribution in [0.5, 0.6) is 0 Å². The molecule has 0 unspecified atom stereocenters. The van der Waals surface area contributed by atoms with Crippen LogP contribution in [0.1, 0.15) is 15.9 Å². The van der Waals surface area contributed by atoms with Gasteiger partial charge in [0, 0.05) is 18.4 Å². The topological polar surface area (TPSA) is 53.4 Å². The van der Waals surface area contributed by atoms with Gasteiger partial charge in [0.2, 0.25) is 0 Å². The van der Waals surface area contributed by atoms with Gasteiger partial charge in [0.1, 0.15) is 5.82 Å². The van der Waals surface area contributed by atoms with Gasteiger partial charge in [-0.15, -0.1) is 0 Å². The predicted molar refractivity (Wildman–Crippen MR) is 68.3 cm³/mol. The average molecular weight is 240 g/mol. The van der Waals surface area contributed by atoms with Crippen molar-refractivity contribution in [2.75, 3.05) is 11.4 Å². The van der Waals surface area contributed by atoms with Crippen LogP contribution in [0.2, 0.25) is 0 Å². The van der Waals surface area contributed by atoms with Crippen molar-refractivity contribution in [3.63, 3.8) is 0 Å². The molecule has 0 saturated carbocycles. The van der Waals surface area contributed by atoms with Gasteiger partial charge < -0.3 is 10.0 Å². The van der Waals surface area contributed by atoms with Gasteiger partial charge in [-0.25, -0.2) is 9.78 Å². The molecule has 1 aliphatic rings. The molecule has 90 valence electrons. The second-order valence-electron chi connectivity index (χ2n) is 4.24. The lowest BCUT2D eigenvalue weighted by Crippen LogP contribution is -2.15. The molecule has 4 nitrogen and oxygen atoms in total. The van der Waals surface area contributed by atoms with Crippen molar-refractivity contribution in [1.29, 1.82) is 0 Å². The molecule has 0 amide bonds. The number of carboxylic acids is 1. The second-order valence-corrected chi connectivity index (χ2v) is 4.24. The van der Waals surface area contributed by atoms with Crippen LogP contribution in [0.4, 0.5) is 11.5 Å². The van der Waals surface area contributed by atoms with E-state index in [0.29, 0.717) is 0 Å². The number of pyridine rings is 1. The average Bonchev–Trinajstić information content (AvgIpc) is 2.82. The molecule has 0 atom stereocenters. The third-order valence-electron chi connectivity index (χ3n) is 3.16. The Kier molecular flexibility index (Phi) is 2.48. The molecule has 4 heteroatoms. The number of para-hydroxylation sites is 1. The molecule has 0 spiro atoms. The molecule has 0 radical (unpaired) electrons. The molecule has 0 saturated heterocycles. The fourth-order valence-electron chi connectivity index (χ4n) is 2.25. The summed E-state index contributed by atoms with van der Waals surface area (Å²) < 4.78 is 0. The van der Waals surface area contributed by atoms with Crippen LogP contribution in [0, 0.1) is 0 Å². The maximum absolute atomic E-state index is 10.8. The van der Waals surface area contributed by atoms with Crippen molar-refractivity contribution in [3.8, 4) is 0 Å². The summed E-state index contributed by atoms with van der Waals surface area (Å²) in [6, 6.07) is 11.6. The fourth-order valence-corrected chi connectivity index (χ4v) is 2.25. The summed E-state index contributed by atoms with van der Waals surface area (Å²) in [5, 5.41) is 8.85. The molecule has 0 bridgehead atoms. The van der Waals surface area contributed by atoms with Crippen molar-refractivity contribution in [1.82, 2.24) is 4.98 Å². The van der Waals surface area contributed by atoms with Crippen molar-refractivity contribution >= 4 is 17.5 Å². The van der Waals surface area contributed by atoms with Crippen LogP contribution in [0.3, 0.4) is 0 Å². The largest absolute Gasteiger partial charge is 0.478 e. The third kappa shape index (κ3) is 1.72. The SMILES string of the molecule is O=C(O)c1ccc(N2CCc3ccccc32)nc1. The van der Waals surface area contributed by atoms with E-state index in [1.807, 2.05) is 12.1 Å². The molecule has 1 aromatic heterocycles. The maximum Gasteiger partial charge on any atom is 0.337 e. The number of hydrogen-bond donors (Lipinski definition) is 1. The summed E-state index contributed by atoms with van der Waals surface area (Å²) in [4.78, 5) is 17.1. The second kappa shape index (κ2) is 4.14. The number of carbonyl (C=O) groups is 1. The quantitative estimate of drug-likeness (QED) is 0.876. The summed E-state index contributed by atoms with van der Waals surface area (Å²) in [6.45, 7) is 0.888. The maximum atomic E-state index is 10.8. The molecular weight excluding hydrogens is 228 g/mol. The molecule has 1 aliphatic heterocycles. The number of aromatic nitrogens is 1. The van der Waals surface area contributed by atoms with Gasteiger partial charge in [-0.3, -0.25) is 0 Å². The first-order valence-electron chi connectivity index (χ1n) is 5.80. The number of carboxylic acid groups (broad SMARTS) is 1. The molecular formula is C14H12N2O2. The van der Waals surface area contributed by atoms with E-state index < -0.39 is 5.97 Å². The summed E-state index contributed by atoms with van der Waals surface area (Å²) >= 11 is 0. The molecule has 1 N–H and O–H groups in total. The number of aromatic carboxylic acids is 1. The van der Waals surface area contributed by atoms with E-state index in [2.05, 4.69) is 22.0 Å². The smallest absolute Gasteiger partial charge is 0.337 e. The van der Waals surface area contributed by atoms with E-state index in [4.69, 9.17) is 5.11 Å². The van der Waals surface area contributed by atoms with E-state index >= 15 is 0 Å². The lowest BCUT2D eigenvalue weighted by molar-refractivity contribution is 0.0696. The van der Waals surface area contributed by atoms with Crippen molar-refractivity contribution in [2.24, 2.45) is 0 Å². The highest BCUT2D eigenvalue weighted by Crippen LogP contribution is 2.32. The predicted octanol–water partition coefficient (Wildman–Crippen LogP) is 2.47. The fraction of sp³-hybridized carbons (Fsp3) is 0.143. The number of anilines is 2. The molecule has 18 heavy (non-hydrogen) atoms. The Hall–Kier alpha value is -2.36. The standard InChI is InChI=1S/C14H12N2O2/c17-14(18)11-5-6-13(15-9-11)16-8-7-10-3-1-2-4-12(10)16/h1-6,9H,7-8H2,(H,17,18). The van der Waals surface area contributed by atoms with Crippen LogP contribution in [-0.2, 0) is 6.42 Å². The minimum absolute atomic E-state index is 0.214. The van der Waals surface area contributed by atoms with Gasteiger partial charge in [0.25, 0.3) is 0 Å². The van der Waals surface area contributed by atoms with E-state index in [-0.39, 0.29) is 5.56 Å². The zero-order valence-electron chi connectivity index (χ0n) is 9.71. The van der Waals surface area contributed by atoms with Gasteiger partial charge in [-0.1, -0.05) is 18.2 Å². The van der Waals surface area contributed by atoms with Gasteiger partial charge in [-0.2, -0.15) is 0 Å².